The number of benzene rings is 6. The molecule has 0 spiro atoms. The fraction of sp³-hybridized carbons (Fsp3) is 0.0227. The lowest BCUT2D eigenvalue weighted by Crippen LogP contribution is -2.29. The number of fused-ring (bicyclic) bond motifs is 1. The van der Waals surface area contributed by atoms with Gasteiger partial charge in [0, 0.05) is 22.3 Å². The second-order valence-corrected chi connectivity index (χ2v) is 11.9. The van der Waals surface area contributed by atoms with E-state index in [9.17, 15) is 0 Å². The first-order valence-corrected chi connectivity index (χ1v) is 16.1. The highest BCUT2D eigenvalue weighted by atomic mass is 15.0. The molecule has 228 valence electrons. The molecule has 2 heterocycles. The van der Waals surface area contributed by atoms with Crippen molar-refractivity contribution >= 4 is 22.6 Å². The number of rotatable bonds is 6. The normalized spacial score (nSPS) is 14.5. The molecule has 0 fully saturated rings. The SMILES string of the molecule is C=C1C=C(c2ccccc2)N=C(c2ccccc2)NC1c1ccc(-c2ccc3nc(-c4ccccc4)c(-c4ccccc4)nc3c2)cc1. The standard InChI is InChI=1S/C44H32N4/c1-30-28-39(32-14-6-2-7-15-32)47-44(36-20-12-5-13-21-36)48-41(30)35-24-22-31(23-25-35)37-26-27-38-40(29-37)46-43(34-18-10-4-11-19-34)42(45-38)33-16-8-3-9-17-33/h2-29,41H,1H2,(H,47,48). The van der Waals surface area contributed by atoms with Gasteiger partial charge >= 0.3 is 0 Å². The molecule has 0 saturated heterocycles. The molecular formula is C44H32N4. The highest BCUT2D eigenvalue weighted by Gasteiger charge is 2.22. The Bertz CT molecular complexity index is 2290. The predicted octanol–water partition coefficient (Wildman–Crippen LogP) is 10.3. The Labute approximate surface area is 280 Å². The molecule has 1 N–H and O–H groups in total. The Morgan fingerprint density at radius 2 is 0.958 bits per heavy atom. The number of nitrogens with one attached hydrogen (secondary N) is 1. The molecule has 1 atom stereocenters. The van der Waals surface area contributed by atoms with Gasteiger partial charge in [-0.3, -0.25) is 0 Å². The van der Waals surface area contributed by atoms with Gasteiger partial charge in [-0.15, -0.1) is 0 Å². The van der Waals surface area contributed by atoms with E-state index < -0.39 is 0 Å². The van der Waals surface area contributed by atoms with E-state index in [4.69, 9.17) is 15.0 Å². The van der Waals surface area contributed by atoms with Crippen molar-refractivity contribution in [2.75, 3.05) is 0 Å². The van der Waals surface area contributed by atoms with Crippen LogP contribution in [0.3, 0.4) is 0 Å². The van der Waals surface area contributed by atoms with Gasteiger partial charge in [0.2, 0.25) is 0 Å². The summed E-state index contributed by atoms with van der Waals surface area (Å²) >= 11 is 0. The number of aliphatic imine (C=N–C) groups is 1. The second-order valence-electron chi connectivity index (χ2n) is 11.9. The largest absolute Gasteiger partial charge is 0.359 e. The summed E-state index contributed by atoms with van der Waals surface area (Å²) in [7, 11) is 0. The molecule has 0 radical (unpaired) electrons. The lowest BCUT2D eigenvalue weighted by atomic mass is 9.95. The molecule has 0 bridgehead atoms. The average molecular weight is 617 g/mol. The molecule has 1 aliphatic rings. The predicted molar refractivity (Wildman–Crippen MR) is 198 cm³/mol. The van der Waals surface area contributed by atoms with Gasteiger partial charge in [0.25, 0.3) is 0 Å². The molecule has 4 heteroatoms. The molecule has 0 aliphatic carbocycles. The fourth-order valence-corrected chi connectivity index (χ4v) is 6.17. The van der Waals surface area contributed by atoms with Crippen LogP contribution in [-0.2, 0) is 0 Å². The van der Waals surface area contributed by atoms with Crippen LogP contribution < -0.4 is 5.32 Å². The Morgan fingerprint density at radius 3 is 1.54 bits per heavy atom. The fourth-order valence-electron chi connectivity index (χ4n) is 6.17. The maximum absolute atomic E-state index is 5.18. The summed E-state index contributed by atoms with van der Waals surface area (Å²) < 4.78 is 0. The number of amidine groups is 1. The van der Waals surface area contributed by atoms with Crippen LogP contribution in [0.2, 0.25) is 0 Å². The maximum atomic E-state index is 5.18. The highest BCUT2D eigenvalue weighted by molar-refractivity contribution is 6.03. The molecule has 4 nitrogen and oxygen atoms in total. The minimum absolute atomic E-state index is 0.147. The Kier molecular flexibility index (Phi) is 7.73. The average Bonchev–Trinajstić information content (AvgIpc) is 3.34. The Hall–Kier alpha value is -6.39. The summed E-state index contributed by atoms with van der Waals surface area (Å²) in [5.74, 6) is 0.815. The topological polar surface area (TPSA) is 50.2 Å². The van der Waals surface area contributed by atoms with Crippen LogP contribution in [0.15, 0.2) is 187 Å². The summed E-state index contributed by atoms with van der Waals surface area (Å²) in [6.45, 7) is 4.49. The summed E-state index contributed by atoms with van der Waals surface area (Å²) in [5, 5.41) is 3.70. The van der Waals surface area contributed by atoms with Gasteiger partial charge in [0.05, 0.1) is 34.2 Å². The molecule has 1 aliphatic heterocycles. The quantitative estimate of drug-likeness (QED) is 0.202. The zero-order valence-corrected chi connectivity index (χ0v) is 26.3. The number of nitrogens with zero attached hydrogens (tertiary/aromatic N) is 3. The van der Waals surface area contributed by atoms with Crippen LogP contribution in [0.1, 0.15) is 22.7 Å². The van der Waals surface area contributed by atoms with Gasteiger partial charge in [-0.2, -0.15) is 0 Å². The van der Waals surface area contributed by atoms with Crippen LogP contribution in [0.4, 0.5) is 0 Å². The molecule has 0 amide bonds. The molecule has 48 heavy (non-hydrogen) atoms. The van der Waals surface area contributed by atoms with Crippen molar-refractivity contribution in [1.29, 1.82) is 0 Å². The van der Waals surface area contributed by atoms with Crippen LogP contribution in [-0.4, -0.2) is 15.8 Å². The summed E-state index contributed by atoms with van der Waals surface area (Å²) in [5.41, 5.74) is 12.8. The van der Waals surface area contributed by atoms with Gasteiger partial charge in [-0.05, 0) is 40.5 Å². The van der Waals surface area contributed by atoms with E-state index in [1.807, 2.05) is 72.8 Å². The Balaban J connectivity index is 1.14. The lowest BCUT2D eigenvalue weighted by molar-refractivity contribution is 0.769. The van der Waals surface area contributed by atoms with E-state index in [-0.39, 0.29) is 6.04 Å². The molecule has 1 aromatic heterocycles. The van der Waals surface area contributed by atoms with E-state index >= 15 is 0 Å². The molecule has 1 unspecified atom stereocenters. The zero-order chi connectivity index (χ0) is 32.3. The van der Waals surface area contributed by atoms with E-state index in [0.717, 1.165) is 78.5 Å². The third kappa shape index (κ3) is 5.83. The van der Waals surface area contributed by atoms with Crippen molar-refractivity contribution in [3.63, 3.8) is 0 Å². The number of aromatic nitrogens is 2. The second kappa shape index (κ2) is 12.8. The zero-order valence-electron chi connectivity index (χ0n) is 26.3. The maximum Gasteiger partial charge on any atom is 0.134 e. The van der Waals surface area contributed by atoms with E-state index in [0.29, 0.717) is 0 Å². The number of hydrogen-bond acceptors (Lipinski definition) is 4. The third-order valence-corrected chi connectivity index (χ3v) is 8.66. The first-order valence-electron chi connectivity index (χ1n) is 16.1. The van der Waals surface area contributed by atoms with Crippen molar-refractivity contribution in [2.45, 2.75) is 6.04 Å². The van der Waals surface area contributed by atoms with Gasteiger partial charge in [-0.25, -0.2) is 15.0 Å². The molecule has 8 rings (SSSR count). The first-order chi connectivity index (χ1) is 23.7. The van der Waals surface area contributed by atoms with Gasteiger partial charge < -0.3 is 5.32 Å². The van der Waals surface area contributed by atoms with Crippen molar-refractivity contribution in [1.82, 2.24) is 15.3 Å². The third-order valence-electron chi connectivity index (χ3n) is 8.66. The van der Waals surface area contributed by atoms with E-state index in [2.05, 4.69) is 109 Å². The van der Waals surface area contributed by atoms with E-state index in [1.54, 1.807) is 0 Å². The smallest absolute Gasteiger partial charge is 0.134 e. The van der Waals surface area contributed by atoms with Crippen LogP contribution in [0.5, 0.6) is 0 Å². The van der Waals surface area contributed by atoms with Crippen LogP contribution >= 0.6 is 0 Å². The van der Waals surface area contributed by atoms with Crippen molar-refractivity contribution in [3.05, 3.63) is 199 Å². The van der Waals surface area contributed by atoms with Crippen molar-refractivity contribution < 1.29 is 0 Å². The van der Waals surface area contributed by atoms with Crippen LogP contribution in [0.25, 0.3) is 50.4 Å². The van der Waals surface area contributed by atoms with Gasteiger partial charge in [0.1, 0.15) is 5.84 Å². The van der Waals surface area contributed by atoms with Crippen molar-refractivity contribution in [3.8, 4) is 33.6 Å². The molecule has 7 aromatic rings. The molecule has 0 saturated carbocycles. The number of hydrogen-bond donors (Lipinski definition) is 1. The minimum atomic E-state index is -0.147. The monoisotopic (exact) mass is 616 g/mol. The molecule has 6 aromatic carbocycles. The van der Waals surface area contributed by atoms with Crippen LogP contribution in [0, 0.1) is 0 Å². The molecular weight excluding hydrogens is 585 g/mol. The van der Waals surface area contributed by atoms with Gasteiger partial charge in [-0.1, -0.05) is 158 Å². The Morgan fingerprint density at radius 1 is 0.458 bits per heavy atom. The van der Waals surface area contributed by atoms with Gasteiger partial charge in [0.15, 0.2) is 0 Å². The van der Waals surface area contributed by atoms with E-state index in [1.165, 1.54) is 0 Å². The summed E-state index contributed by atoms with van der Waals surface area (Å²) in [6, 6.07) is 55.9. The van der Waals surface area contributed by atoms with Crippen molar-refractivity contribution in [2.24, 2.45) is 4.99 Å². The summed E-state index contributed by atoms with van der Waals surface area (Å²) in [6.07, 6.45) is 2.09. The lowest BCUT2D eigenvalue weighted by Gasteiger charge is -2.21. The first kappa shape index (κ1) is 29.0. The minimum Gasteiger partial charge on any atom is -0.359 e. The highest BCUT2D eigenvalue weighted by Crippen LogP contribution is 2.34. The summed E-state index contributed by atoms with van der Waals surface area (Å²) in [4.78, 5) is 15.4.